The molecule has 2 aromatic heterocycles. The van der Waals surface area contributed by atoms with Gasteiger partial charge in [-0.05, 0) is 29.3 Å². The molecule has 1 amide bonds. The minimum Gasteiger partial charge on any atom is -0.349 e. The first-order chi connectivity index (χ1) is 10.1. The number of amides is 1. The first-order valence-corrected chi connectivity index (χ1v) is 7.91. The average molecular weight is 375 g/mol. The highest BCUT2D eigenvalue weighted by Crippen LogP contribution is 2.17. The first kappa shape index (κ1) is 16.0. The van der Waals surface area contributed by atoms with Gasteiger partial charge < -0.3 is 5.32 Å². The van der Waals surface area contributed by atoms with Crippen molar-refractivity contribution in [3.05, 3.63) is 33.8 Å². The van der Waals surface area contributed by atoms with E-state index in [-0.39, 0.29) is 11.9 Å². The molecular weight excluding hydrogens is 358 g/mol. The Kier molecular flexibility index (Phi) is 5.41. The molecule has 114 valence electrons. The quantitative estimate of drug-likeness (QED) is 0.845. The van der Waals surface area contributed by atoms with Crippen LogP contribution in [0.3, 0.4) is 0 Å². The van der Waals surface area contributed by atoms with Crippen LogP contribution in [0.15, 0.2) is 23.1 Å². The summed E-state index contributed by atoms with van der Waals surface area (Å²) >= 11 is 9.42. The summed E-state index contributed by atoms with van der Waals surface area (Å²) in [5.74, 6) is -0.0898. The van der Waals surface area contributed by atoms with Gasteiger partial charge in [0, 0.05) is 12.7 Å². The maximum Gasteiger partial charge on any atom is 0.245 e. The van der Waals surface area contributed by atoms with Crippen molar-refractivity contribution < 1.29 is 4.79 Å². The predicted octanol–water partition coefficient (Wildman–Crippen LogP) is 2.78. The molecule has 6 nitrogen and oxygen atoms in total. The molecule has 0 aromatic carbocycles. The third kappa shape index (κ3) is 3.65. The molecule has 2 rings (SSSR count). The Balaban J connectivity index is 2.05. The standard InChI is InChI=1S/C13H17BrClN5O/c1-3-11(20-8-9(14)5-17-20)13(21)16-7-12-10(15)6-18-19(12)4-2/h5-6,8,11H,3-4,7H2,1-2H3,(H,16,21). The Labute approximate surface area is 136 Å². The number of nitrogens with zero attached hydrogens (tertiary/aromatic N) is 4. The van der Waals surface area contributed by atoms with Crippen LogP contribution in [-0.4, -0.2) is 25.5 Å². The maximum absolute atomic E-state index is 12.3. The lowest BCUT2D eigenvalue weighted by molar-refractivity contribution is -0.124. The first-order valence-electron chi connectivity index (χ1n) is 6.74. The van der Waals surface area contributed by atoms with E-state index in [0.29, 0.717) is 24.5 Å². The zero-order valence-electron chi connectivity index (χ0n) is 11.9. The van der Waals surface area contributed by atoms with Gasteiger partial charge in [0.2, 0.25) is 5.91 Å². The fourth-order valence-corrected chi connectivity index (χ4v) is 2.61. The fraction of sp³-hybridized carbons (Fsp3) is 0.462. The van der Waals surface area contributed by atoms with E-state index in [9.17, 15) is 4.79 Å². The number of rotatable bonds is 6. The van der Waals surface area contributed by atoms with Crippen LogP contribution in [0.25, 0.3) is 0 Å². The monoisotopic (exact) mass is 373 g/mol. The third-order valence-corrected chi connectivity index (χ3v) is 3.93. The summed E-state index contributed by atoms with van der Waals surface area (Å²) in [6.45, 7) is 4.99. The molecule has 0 spiro atoms. The van der Waals surface area contributed by atoms with Crippen LogP contribution in [0, 0.1) is 0 Å². The van der Waals surface area contributed by atoms with E-state index in [2.05, 4.69) is 31.4 Å². The molecule has 0 radical (unpaired) electrons. The Hall–Kier alpha value is -1.34. The van der Waals surface area contributed by atoms with Crippen LogP contribution in [0.4, 0.5) is 0 Å². The van der Waals surface area contributed by atoms with Gasteiger partial charge in [0.15, 0.2) is 0 Å². The van der Waals surface area contributed by atoms with Crippen molar-refractivity contribution in [3.8, 4) is 0 Å². The Bertz CT molecular complexity index is 624. The summed E-state index contributed by atoms with van der Waals surface area (Å²) in [7, 11) is 0. The Morgan fingerprint density at radius 2 is 2.19 bits per heavy atom. The minimum absolute atomic E-state index is 0.0898. The fourth-order valence-electron chi connectivity index (χ4n) is 2.10. The summed E-state index contributed by atoms with van der Waals surface area (Å²) in [6.07, 6.45) is 5.70. The number of carbonyl (C=O) groups excluding carboxylic acids is 1. The van der Waals surface area contributed by atoms with Crippen LogP contribution >= 0.6 is 27.5 Å². The second kappa shape index (κ2) is 7.09. The van der Waals surface area contributed by atoms with Crippen molar-refractivity contribution in [2.45, 2.75) is 39.4 Å². The van der Waals surface area contributed by atoms with E-state index in [1.807, 2.05) is 13.8 Å². The molecule has 0 aliphatic rings. The number of nitrogens with one attached hydrogen (secondary N) is 1. The number of hydrogen-bond donors (Lipinski definition) is 1. The lowest BCUT2D eigenvalue weighted by Gasteiger charge is -2.16. The van der Waals surface area contributed by atoms with Crippen molar-refractivity contribution in [1.82, 2.24) is 24.9 Å². The summed E-state index contributed by atoms with van der Waals surface area (Å²) in [4.78, 5) is 12.3. The molecule has 1 unspecified atom stereocenters. The Morgan fingerprint density at radius 1 is 1.43 bits per heavy atom. The molecule has 0 aliphatic heterocycles. The van der Waals surface area contributed by atoms with Crippen molar-refractivity contribution in [1.29, 1.82) is 0 Å². The molecule has 1 atom stereocenters. The molecular formula is C13H17BrClN5O. The Morgan fingerprint density at radius 3 is 2.76 bits per heavy atom. The number of halogens is 2. The highest BCUT2D eigenvalue weighted by atomic mass is 79.9. The van der Waals surface area contributed by atoms with Crippen LogP contribution in [0.2, 0.25) is 5.02 Å². The summed E-state index contributed by atoms with van der Waals surface area (Å²) < 4.78 is 4.27. The number of aromatic nitrogens is 4. The van der Waals surface area contributed by atoms with Gasteiger partial charge in [-0.15, -0.1) is 0 Å². The highest BCUT2D eigenvalue weighted by molar-refractivity contribution is 9.10. The summed E-state index contributed by atoms with van der Waals surface area (Å²) in [6, 6.07) is -0.340. The summed E-state index contributed by atoms with van der Waals surface area (Å²) in [5.41, 5.74) is 0.809. The van der Waals surface area contributed by atoms with Crippen molar-refractivity contribution in [3.63, 3.8) is 0 Å². The second-order valence-electron chi connectivity index (χ2n) is 4.54. The largest absolute Gasteiger partial charge is 0.349 e. The van der Waals surface area contributed by atoms with Gasteiger partial charge in [-0.25, -0.2) is 0 Å². The smallest absolute Gasteiger partial charge is 0.245 e. The molecule has 0 fully saturated rings. The van der Waals surface area contributed by atoms with Crippen LogP contribution in [0.5, 0.6) is 0 Å². The lowest BCUT2D eigenvalue weighted by atomic mass is 10.2. The van der Waals surface area contributed by atoms with Gasteiger partial charge in [-0.1, -0.05) is 18.5 Å². The van der Waals surface area contributed by atoms with Gasteiger partial charge >= 0.3 is 0 Å². The van der Waals surface area contributed by atoms with Crippen LogP contribution < -0.4 is 5.32 Å². The van der Waals surface area contributed by atoms with Crippen LogP contribution in [-0.2, 0) is 17.9 Å². The summed E-state index contributed by atoms with van der Waals surface area (Å²) in [5, 5.41) is 11.8. The highest BCUT2D eigenvalue weighted by Gasteiger charge is 2.20. The molecule has 21 heavy (non-hydrogen) atoms. The average Bonchev–Trinajstić information content (AvgIpc) is 3.04. The molecule has 0 saturated carbocycles. The predicted molar refractivity (Wildman–Crippen MR) is 84.0 cm³/mol. The number of hydrogen-bond acceptors (Lipinski definition) is 3. The van der Waals surface area contributed by atoms with E-state index >= 15 is 0 Å². The van der Waals surface area contributed by atoms with Crippen molar-refractivity contribution >= 4 is 33.4 Å². The molecule has 0 aliphatic carbocycles. The normalized spacial score (nSPS) is 12.4. The SMILES string of the molecule is CCC(C(=O)NCc1c(Cl)cnn1CC)n1cc(Br)cn1. The van der Waals surface area contributed by atoms with Gasteiger partial charge in [0.25, 0.3) is 0 Å². The van der Waals surface area contributed by atoms with Gasteiger partial charge in [0.05, 0.1) is 34.1 Å². The van der Waals surface area contributed by atoms with E-state index in [1.165, 1.54) is 0 Å². The number of carbonyl (C=O) groups is 1. The molecule has 2 aromatic rings. The topological polar surface area (TPSA) is 64.7 Å². The lowest BCUT2D eigenvalue weighted by Crippen LogP contribution is -2.32. The second-order valence-corrected chi connectivity index (χ2v) is 5.86. The maximum atomic E-state index is 12.3. The minimum atomic E-state index is -0.340. The molecule has 8 heteroatoms. The third-order valence-electron chi connectivity index (χ3n) is 3.21. The van der Waals surface area contributed by atoms with Gasteiger partial charge in [0.1, 0.15) is 6.04 Å². The van der Waals surface area contributed by atoms with E-state index in [4.69, 9.17) is 11.6 Å². The molecule has 1 N–H and O–H groups in total. The molecule has 0 saturated heterocycles. The van der Waals surface area contributed by atoms with E-state index in [1.54, 1.807) is 28.0 Å². The van der Waals surface area contributed by atoms with Crippen molar-refractivity contribution in [2.75, 3.05) is 0 Å². The zero-order chi connectivity index (χ0) is 15.4. The van der Waals surface area contributed by atoms with Gasteiger partial charge in [-0.2, -0.15) is 10.2 Å². The number of aryl methyl sites for hydroxylation is 1. The van der Waals surface area contributed by atoms with Gasteiger partial charge in [-0.3, -0.25) is 14.2 Å². The van der Waals surface area contributed by atoms with E-state index in [0.717, 1.165) is 10.2 Å². The zero-order valence-corrected chi connectivity index (χ0v) is 14.2. The van der Waals surface area contributed by atoms with E-state index < -0.39 is 0 Å². The molecule has 0 bridgehead atoms. The van der Waals surface area contributed by atoms with Crippen LogP contribution in [0.1, 0.15) is 32.0 Å². The molecule has 2 heterocycles. The van der Waals surface area contributed by atoms with Crippen molar-refractivity contribution in [2.24, 2.45) is 0 Å².